The van der Waals surface area contributed by atoms with E-state index in [1.165, 1.54) is 6.07 Å². The van der Waals surface area contributed by atoms with E-state index in [9.17, 15) is 18.0 Å². The van der Waals surface area contributed by atoms with Gasteiger partial charge in [0.1, 0.15) is 11.5 Å². The molecule has 3 heterocycles. The predicted octanol–water partition coefficient (Wildman–Crippen LogP) is 5.14. The van der Waals surface area contributed by atoms with Crippen LogP contribution in [0.5, 0.6) is 0 Å². The van der Waals surface area contributed by atoms with Gasteiger partial charge >= 0.3 is 12.2 Å². The van der Waals surface area contributed by atoms with E-state index in [0.717, 1.165) is 29.8 Å². The number of hydrogen-bond acceptors (Lipinski definition) is 3. The molecule has 6 nitrogen and oxygen atoms in total. The minimum atomic E-state index is -4.52. The van der Waals surface area contributed by atoms with Crippen LogP contribution in [0.4, 0.5) is 29.5 Å². The van der Waals surface area contributed by atoms with Gasteiger partial charge in [-0.3, -0.25) is 0 Å². The number of anilines is 2. The Kier molecular flexibility index (Phi) is 5.75. The normalized spacial score (nSPS) is 15.3. The molecular weight excluding hydrogens is 407 g/mol. The third-order valence-electron chi connectivity index (χ3n) is 5.60. The van der Waals surface area contributed by atoms with Gasteiger partial charge in [-0.1, -0.05) is 25.1 Å². The second kappa shape index (κ2) is 8.49. The fraction of sp³-hybridized carbons (Fsp3) is 0.364. The van der Waals surface area contributed by atoms with Gasteiger partial charge in [-0.2, -0.15) is 13.2 Å². The van der Waals surface area contributed by atoms with Gasteiger partial charge in [0.25, 0.3) is 0 Å². The fourth-order valence-electron chi connectivity index (χ4n) is 3.80. The SMILES string of the molecule is CC1CCN(c2nc(C(F)(F)F)ccc2CNC(=O)Nc2cccc3cc[nH]c23)CC1. The van der Waals surface area contributed by atoms with Gasteiger partial charge < -0.3 is 20.5 Å². The number of hydrogen-bond donors (Lipinski definition) is 3. The number of nitrogens with zero attached hydrogens (tertiary/aromatic N) is 2. The van der Waals surface area contributed by atoms with E-state index in [4.69, 9.17) is 0 Å². The Bertz CT molecular complexity index is 1070. The number of nitrogens with one attached hydrogen (secondary N) is 3. The summed E-state index contributed by atoms with van der Waals surface area (Å²) >= 11 is 0. The van der Waals surface area contributed by atoms with Crippen LogP contribution < -0.4 is 15.5 Å². The Morgan fingerprint density at radius 3 is 2.71 bits per heavy atom. The molecule has 164 valence electrons. The van der Waals surface area contributed by atoms with Crippen molar-refractivity contribution < 1.29 is 18.0 Å². The largest absolute Gasteiger partial charge is 0.433 e. The molecule has 1 aromatic carbocycles. The minimum absolute atomic E-state index is 0.0685. The van der Waals surface area contributed by atoms with E-state index >= 15 is 0 Å². The lowest BCUT2D eigenvalue weighted by Crippen LogP contribution is -2.35. The monoisotopic (exact) mass is 431 g/mol. The maximum atomic E-state index is 13.2. The number of benzene rings is 1. The van der Waals surface area contributed by atoms with Crippen LogP contribution in [-0.2, 0) is 12.7 Å². The highest BCUT2D eigenvalue weighted by molar-refractivity contribution is 5.99. The summed E-state index contributed by atoms with van der Waals surface area (Å²) in [6.45, 7) is 3.49. The van der Waals surface area contributed by atoms with Crippen LogP contribution in [0.2, 0.25) is 0 Å². The van der Waals surface area contributed by atoms with Crippen molar-refractivity contribution in [3.05, 3.63) is 53.9 Å². The fourth-order valence-corrected chi connectivity index (χ4v) is 3.80. The van der Waals surface area contributed by atoms with Crippen molar-refractivity contribution in [1.82, 2.24) is 15.3 Å². The maximum absolute atomic E-state index is 13.2. The molecular formula is C22H24F3N5O. The number of carbonyl (C=O) groups is 1. The van der Waals surface area contributed by atoms with Gasteiger partial charge in [-0.25, -0.2) is 9.78 Å². The van der Waals surface area contributed by atoms with Gasteiger partial charge in [-0.15, -0.1) is 0 Å². The molecule has 3 aromatic rings. The Labute approximate surface area is 177 Å². The molecule has 4 rings (SSSR count). The number of fused-ring (bicyclic) bond motifs is 1. The molecule has 0 aliphatic carbocycles. The lowest BCUT2D eigenvalue weighted by Gasteiger charge is -2.33. The summed E-state index contributed by atoms with van der Waals surface area (Å²) in [5, 5.41) is 6.49. The van der Waals surface area contributed by atoms with Gasteiger partial charge in [0.15, 0.2) is 0 Å². The first-order valence-electron chi connectivity index (χ1n) is 10.2. The zero-order valence-corrected chi connectivity index (χ0v) is 17.1. The Hall–Kier alpha value is -3.23. The average molecular weight is 431 g/mol. The van der Waals surface area contributed by atoms with Crippen molar-refractivity contribution >= 4 is 28.4 Å². The summed E-state index contributed by atoms with van der Waals surface area (Å²) in [5.74, 6) is 0.818. The van der Waals surface area contributed by atoms with Gasteiger partial charge in [0, 0.05) is 36.8 Å². The second-order valence-electron chi connectivity index (χ2n) is 7.90. The minimum Gasteiger partial charge on any atom is -0.359 e. The third-order valence-corrected chi connectivity index (χ3v) is 5.60. The number of aromatic amines is 1. The summed E-state index contributed by atoms with van der Waals surface area (Å²) in [6.07, 6.45) is -0.944. The first-order chi connectivity index (χ1) is 14.8. The Morgan fingerprint density at radius 2 is 1.97 bits per heavy atom. The molecule has 1 saturated heterocycles. The van der Waals surface area contributed by atoms with Crippen LogP contribution in [0.15, 0.2) is 42.6 Å². The van der Waals surface area contributed by atoms with Crippen molar-refractivity contribution in [1.29, 1.82) is 0 Å². The van der Waals surface area contributed by atoms with Crippen LogP contribution in [0, 0.1) is 5.92 Å². The lowest BCUT2D eigenvalue weighted by atomic mass is 9.99. The number of urea groups is 1. The van der Waals surface area contributed by atoms with E-state index in [2.05, 4.69) is 27.5 Å². The van der Waals surface area contributed by atoms with E-state index < -0.39 is 17.9 Å². The first kappa shape index (κ1) is 21.0. The molecule has 1 aliphatic rings. The molecule has 3 N–H and O–H groups in total. The zero-order chi connectivity index (χ0) is 22.0. The summed E-state index contributed by atoms with van der Waals surface area (Å²) in [4.78, 5) is 21.3. The third kappa shape index (κ3) is 4.76. The number of rotatable bonds is 4. The van der Waals surface area contributed by atoms with Crippen LogP contribution >= 0.6 is 0 Å². The number of halogens is 3. The van der Waals surface area contributed by atoms with Crippen LogP contribution in [0.25, 0.3) is 10.9 Å². The summed E-state index contributed by atoms with van der Waals surface area (Å²) in [5.41, 5.74) is 1.05. The van der Waals surface area contributed by atoms with Crippen LogP contribution in [-0.4, -0.2) is 29.1 Å². The Balaban J connectivity index is 1.50. The summed E-state index contributed by atoms with van der Waals surface area (Å²) < 4.78 is 39.7. The number of amides is 2. The standard InChI is InChI=1S/C22H24F3N5O/c1-14-8-11-30(12-9-14)20-16(5-6-18(29-20)22(23,24)25)13-27-21(31)28-17-4-2-3-15-7-10-26-19(15)17/h2-7,10,14,26H,8-9,11-13H2,1H3,(H2,27,28,31). The van der Waals surface area contributed by atoms with E-state index in [-0.39, 0.29) is 12.4 Å². The number of H-pyrrole nitrogens is 1. The van der Waals surface area contributed by atoms with E-state index in [0.29, 0.717) is 30.3 Å². The van der Waals surface area contributed by atoms with Gasteiger partial charge in [0.2, 0.25) is 0 Å². The van der Waals surface area contributed by atoms with Gasteiger partial charge in [-0.05, 0) is 37.0 Å². The first-order valence-corrected chi connectivity index (χ1v) is 10.2. The van der Waals surface area contributed by atoms with Crippen molar-refractivity contribution in [3.63, 3.8) is 0 Å². The molecule has 0 spiro atoms. The van der Waals surface area contributed by atoms with Crippen LogP contribution in [0.1, 0.15) is 31.0 Å². The molecule has 0 unspecified atom stereocenters. The Morgan fingerprint density at radius 1 is 1.19 bits per heavy atom. The predicted molar refractivity (Wildman–Crippen MR) is 114 cm³/mol. The molecule has 2 amide bonds. The number of aromatic nitrogens is 2. The van der Waals surface area contributed by atoms with Crippen molar-refractivity contribution in [2.75, 3.05) is 23.3 Å². The van der Waals surface area contributed by atoms with E-state index in [1.54, 1.807) is 12.3 Å². The quantitative estimate of drug-likeness (QED) is 0.536. The molecule has 2 aromatic heterocycles. The average Bonchev–Trinajstić information content (AvgIpc) is 3.22. The highest BCUT2D eigenvalue weighted by Gasteiger charge is 2.34. The number of para-hydroxylation sites is 1. The van der Waals surface area contributed by atoms with Crippen molar-refractivity contribution in [2.45, 2.75) is 32.5 Å². The molecule has 0 radical (unpaired) electrons. The highest BCUT2D eigenvalue weighted by Crippen LogP contribution is 2.32. The molecule has 0 saturated carbocycles. The highest BCUT2D eigenvalue weighted by atomic mass is 19.4. The molecule has 9 heteroatoms. The van der Waals surface area contributed by atoms with Crippen molar-refractivity contribution in [3.8, 4) is 0 Å². The summed E-state index contributed by atoms with van der Waals surface area (Å²) in [7, 11) is 0. The lowest BCUT2D eigenvalue weighted by molar-refractivity contribution is -0.141. The molecule has 1 fully saturated rings. The van der Waals surface area contributed by atoms with Crippen molar-refractivity contribution in [2.24, 2.45) is 5.92 Å². The van der Waals surface area contributed by atoms with Gasteiger partial charge in [0.05, 0.1) is 11.2 Å². The molecule has 1 aliphatic heterocycles. The number of carbonyl (C=O) groups excluding carboxylic acids is 1. The van der Waals surface area contributed by atoms with E-state index in [1.807, 2.05) is 23.1 Å². The smallest absolute Gasteiger partial charge is 0.359 e. The number of pyridine rings is 1. The molecule has 0 atom stereocenters. The summed E-state index contributed by atoms with van der Waals surface area (Å²) in [6, 6.07) is 9.35. The molecule has 0 bridgehead atoms. The second-order valence-corrected chi connectivity index (χ2v) is 7.90. The topological polar surface area (TPSA) is 73.1 Å². The molecule has 31 heavy (non-hydrogen) atoms. The zero-order valence-electron chi connectivity index (χ0n) is 17.1. The number of alkyl halides is 3. The maximum Gasteiger partial charge on any atom is 0.433 e. The number of piperidine rings is 1. The van der Waals surface area contributed by atoms with Crippen LogP contribution in [0.3, 0.4) is 0 Å².